The van der Waals surface area contributed by atoms with Gasteiger partial charge < -0.3 is 18.6 Å². The van der Waals surface area contributed by atoms with Gasteiger partial charge in [-0.2, -0.15) is 0 Å². The number of esters is 2. The molecule has 0 aliphatic heterocycles. The Balaban J connectivity index is 1.84. The minimum absolute atomic E-state index is 0.275. The summed E-state index contributed by atoms with van der Waals surface area (Å²) in [6.45, 7) is 10.7. The number of aryl methyl sites for hydroxylation is 1. The highest BCUT2D eigenvalue weighted by atomic mass is 16.6. The van der Waals surface area contributed by atoms with E-state index in [1.165, 1.54) is 7.11 Å². The number of methoxy groups -OCH3 is 1. The van der Waals surface area contributed by atoms with Gasteiger partial charge in [-0.25, -0.2) is 9.59 Å². The van der Waals surface area contributed by atoms with Crippen LogP contribution in [-0.4, -0.2) is 25.7 Å². The maximum atomic E-state index is 11.9. The lowest BCUT2D eigenvalue weighted by Gasteiger charge is -2.09. The fraction of sp³-hybridized carbons (Fsp3) is 0.250. The smallest absolute Gasteiger partial charge is 0.338 e. The first-order chi connectivity index (χ1) is 14.3. The van der Waals surface area contributed by atoms with Crippen molar-refractivity contribution in [1.29, 1.82) is 0 Å². The van der Waals surface area contributed by atoms with Crippen molar-refractivity contribution in [3.8, 4) is 11.5 Å². The summed E-state index contributed by atoms with van der Waals surface area (Å²) in [7, 11) is 1.50. The molecule has 0 unspecified atom stereocenters. The number of benzene rings is 2. The van der Waals surface area contributed by atoms with Gasteiger partial charge in [0, 0.05) is 21.9 Å². The Labute approximate surface area is 174 Å². The van der Waals surface area contributed by atoms with Crippen LogP contribution in [0.2, 0.25) is 0 Å². The van der Waals surface area contributed by atoms with Gasteiger partial charge in [0.25, 0.3) is 0 Å². The van der Waals surface area contributed by atoms with Crippen LogP contribution in [0.5, 0.6) is 11.5 Å². The van der Waals surface area contributed by atoms with Gasteiger partial charge in [0.2, 0.25) is 5.75 Å². The molecule has 0 fully saturated rings. The third kappa shape index (κ3) is 4.38. The molecule has 0 atom stereocenters. The number of carbonyl (C=O) groups is 2. The first-order valence-corrected chi connectivity index (χ1v) is 9.54. The van der Waals surface area contributed by atoms with Crippen molar-refractivity contribution in [3.05, 3.63) is 60.2 Å². The molecule has 0 aliphatic rings. The number of fused-ring (bicyclic) bond motifs is 3. The second-order valence-corrected chi connectivity index (χ2v) is 7.10. The number of rotatable bonds is 8. The molecule has 0 aliphatic carbocycles. The van der Waals surface area contributed by atoms with Gasteiger partial charge >= 0.3 is 11.9 Å². The molecule has 6 heteroatoms. The summed E-state index contributed by atoms with van der Waals surface area (Å²) < 4.78 is 22.0. The van der Waals surface area contributed by atoms with E-state index in [1.54, 1.807) is 19.9 Å². The molecule has 1 aromatic heterocycles. The van der Waals surface area contributed by atoms with Crippen molar-refractivity contribution < 1.29 is 28.2 Å². The van der Waals surface area contributed by atoms with Crippen molar-refractivity contribution in [2.24, 2.45) is 0 Å². The Morgan fingerprint density at radius 2 is 1.70 bits per heavy atom. The average molecular weight is 408 g/mol. The van der Waals surface area contributed by atoms with Gasteiger partial charge in [-0.3, -0.25) is 0 Å². The van der Waals surface area contributed by atoms with E-state index in [0.717, 1.165) is 22.8 Å². The first-order valence-electron chi connectivity index (χ1n) is 9.54. The van der Waals surface area contributed by atoms with Crippen molar-refractivity contribution >= 4 is 33.9 Å². The molecule has 6 nitrogen and oxygen atoms in total. The maximum absolute atomic E-state index is 11.9. The molecule has 1 heterocycles. The largest absolute Gasteiger partial charge is 0.490 e. The van der Waals surface area contributed by atoms with Gasteiger partial charge in [-0.15, -0.1) is 0 Å². The van der Waals surface area contributed by atoms with Crippen LogP contribution < -0.4 is 9.47 Å². The summed E-state index contributed by atoms with van der Waals surface area (Å²) in [6.07, 6.45) is 1.42. The molecule has 0 saturated heterocycles. The highest BCUT2D eigenvalue weighted by Crippen LogP contribution is 2.41. The molecular formula is C24H24O6. The second-order valence-electron chi connectivity index (χ2n) is 7.10. The third-order valence-electron chi connectivity index (χ3n) is 4.57. The lowest BCUT2D eigenvalue weighted by atomic mass is 10.1. The molecule has 3 rings (SSSR count). The summed E-state index contributed by atoms with van der Waals surface area (Å²) in [5.74, 6) is -0.278. The molecule has 30 heavy (non-hydrogen) atoms. The fourth-order valence-electron chi connectivity index (χ4n) is 3.02. The van der Waals surface area contributed by atoms with Crippen molar-refractivity contribution in [1.82, 2.24) is 0 Å². The molecular weight excluding hydrogens is 384 g/mol. The molecule has 0 saturated carbocycles. The summed E-state index contributed by atoms with van der Waals surface area (Å²) in [4.78, 5) is 23.3. The number of hydrogen-bond acceptors (Lipinski definition) is 6. The normalized spacial score (nSPS) is 10.8. The van der Waals surface area contributed by atoms with E-state index in [-0.39, 0.29) is 11.7 Å². The lowest BCUT2D eigenvalue weighted by molar-refractivity contribution is -0.139. The van der Waals surface area contributed by atoms with Gasteiger partial charge in [0.1, 0.15) is 5.58 Å². The predicted octanol–water partition coefficient (Wildman–Crippen LogP) is 5.13. The topological polar surface area (TPSA) is 75.0 Å². The molecule has 0 amide bonds. The van der Waals surface area contributed by atoms with E-state index in [1.807, 2.05) is 24.3 Å². The Hall–Kier alpha value is -3.54. The van der Waals surface area contributed by atoms with Crippen LogP contribution in [0.15, 0.2) is 59.1 Å². The quantitative estimate of drug-likeness (QED) is 0.223. The standard InChI is InChI=1S/C24H24O6/c1-14(2)23(25)28-12-6-7-16-8-9-17-18-10-11-19(30-24(26)15(3)4)22(27-5)21(18)29-20(17)13-16/h8-11,13H,1,3,6-7,12H2,2,4-5H3. The van der Waals surface area contributed by atoms with E-state index < -0.39 is 5.97 Å². The Bertz CT molecular complexity index is 1150. The summed E-state index contributed by atoms with van der Waals surface area (Å²) >= 11 is 0. The van der Waals surface area contributed by atoms with E-state index in [0.29, 0.717) is 41.1 Å². The minimum Gasteiger partial charge on any atom is -0.490 e. The van der Waals surface area contributed by atoms with Crippen LogP contribution in [0.4, 0.5) is 0 Å². The van der Waals surface area contributed by atoms with Gasteiger partial charge in [-0.1, -0.05) is 25.3 Å². The molecule has 156 valence electrons. The average Bonchev–Trinajstić information content (AvgIpc) is 3.08. The van der Waals surface area contributed by atoms with E-state index in [9.17, 15) is 9.59 Å². The van der Waals surface area contributed by atoms with E-state index >= 15 is 0 Å². The minimum atomic E-state index is -0.529. The molecule has 3 aromatic rings. The summed E-state index contributed by atoms with van der Waals surface area (Å²) in [5, 5.41) is 1.79. The summed E-state index contributed by atoms with van der Waals surface area (Å²) in [6, 6.07) is 9.46. The highest BCUT2D eigenvalue weighted by Gasteiger charge is 2.19. The van der Waals surface area contributed by atoms with Crippen LogP contribution in [-0.2, 0) is 20.7 Å². The number of hydrogen-bond donors (Lipinski definition) is 0. The van der Waals surface area contributed by atoms with Gasteiger partial charge in [0.15, 0.2) is 11.3 Å². The number of furan rings is 1. The van der Waals surface area contributed by atoms with Gasteiger partial charge in [-0.05, 0) is 50.5 Å². The van der Waals surface area contributed by atoms with E-state index in [2.05, 4.69) is 13.2 Å². The van der Waals surface area contributed by atoms with Crippen LogP contribution in [0.1, 0.15) is 25.8 Å². The molecule has 0 radical (unpaired) electrons. The Kier molecular flexibility index (Phi) is 6.26. The molecule has 0 N–H and O–H groups in total. The van der Waals surface area contributed by atoms with Crippen molar-refractivity contribution in [2.45, 2.75) is 26.7 Å². The zero-order chi connectivity index (χ0) is 21.8. The Morgan fingerprint density at radius 3 is 2.37 bits per heavy atom. The third-order valence-corrected chi connectivity index (χ3v) is 4.57. The SMILES string of the molecule is C=C(C)C(=O)OCCCc1ccc2c(c1)oc1c(OC)c(OC(=O)C(=C)C)ccc12. The zero-order valence-electron chi connectivity index (χ0n) is 17.4. The van der Waals surface area contributed by atoms with Crippen LogP contribution >= 0.6 is 0 Å². The Morgan fingerprint density at radius 1 is 1.00 bits per heavy atom. The highest BCUT2D eigenvalue weighted by molar-refractivity contribution is 6.08. The predicted molar refractivity (Wildman–Crippen MR) is 115 cm³/mol. The lowest BCUT2D eigenvalue weighted by Crippen LogP contribution is -2.09. The van der Waals surface area contributed by atoms with Gasteiger partial charge in [0.05, 0.1) is 13.7 Å². The van der Waals surface area contributed by atoms with Crippen molar-refractivity contribution in [2.75, 3.05) is 13.7 Å². The number of ether oxygens (including phenoxy) is 3. The molecule has 2 aromatic carbocycles. The maximum Gasteiger partial charge on any atom is 0.338 e. The van der Waals surface area contributed by atoms with E-state index in [4.69, 9.17) is 18.6 Å². The molecule has 0 spiro atoms. The molecule has 0 bridgehead atoms. The first kappa shape index (κ1) is 21.2. The fourth-order valence-corrected chi connectivity index (χ4v) is 3.02. The van der Waals surface area contributed by atoms with Crippen molar-refractivity contribution in [3.63, 3.8) is 0 Å². The van der Waals surface area contributed by atoms with Crippen LogP contribution in [0, 0.1) is 0 Å². The van der Waals surface area contributed by atoms with Crippen LogP contribution in [0.3, 0.4) is 0 Å². The monoisotopic (exact) mass is 408 g/mol. The number of carbonyl (C=O) groups excluding carboxylic acids is 2. The summed E-state index contributed by atoms with van der Waals surface area (Å²) in [5.41, 5.74) is 2.94. The zero-order valence-corrected chi connectivity index (χ0v) is 17.4. The second kappa shape index (κ2) is 8.86. The van der Waals surface area contributed by atoms with Crippen LogP contribution in [0.25, 0.3) is 21.9 Å².